The zero-order valence-corrected chi connectivity index (χ0v) is 23.3. The van der Waals surface area contributed by atoms with E-state index >= 15 is 0 Å². The predicted molar refractivity (Wildman–Crippen MR) is 151 cm³/mol. The van der Waals surface area contributed by atoms with Gasteiger partial charge in [-0.2, -0.15) is 28.9 Å². The van der Waals surface area contributed by atoms with E-state index in [-0.39, 0.29) is 49.9 Å². The minimum absolute atomic E-state index is 0.0309. The number of carboxylic acids is 2. The third-order valence-corrected chi connectivity index (χ3v) is 7.18. The maximum Gasteiger partial charge on any atom is 0.339 e. The van der Waals surface area contributed by atoms with Crippen LogP contribution >= 0.6 is 12.0 Å². The summed E-state index contributed by atoms with van der Waals surface area (Å²) in [6.07, 6.45) is 0. The number of aromatic hydroxyl groups is 2. The van der Waals surface area contributed by atoms with E-state index in [0.29, 0.717) is 12.0 Å². The Bertz CT molecular complexity index is 1930. The van der Waals surface area contributed by atoms with E-state index in [2.05, 4.69) is 29.8 Å². The average Bonchev–Trinajstić information content (AvgIpc) is 2.97. The first kappa shape index (κ1) is 31.7. The highest BCUT2D eigenvalue weighted by atomic mass is 32.2. The molecule has 4 rings (SSSR count). The summed E-state index contributed by atoms with van der Waals surface area (Å²) in [6, 6.07) is 14.8. The Morgan fingerprint density at radius 3 is 1.52 bits per heavy atom. The monoisotopic (exact) mass is 642 g/mol. The second-order valence-electron chi connectivity index (χ2n) is 8.48. The zero-order valence-electron chi connectivity index (χ0n) is 21.7. The lowest BCUT2D eigenvalue weighted by molar-refractivity contribution is -0.432. The number of benzene rings is 4. The van der Waals surface area contributed by atoms with Crippen LogP contribution in [0.2, 0.25) is 0 Å². The lowest BCUT2D eigenvalue weighted by Crippen LogP contribution is -2.01. The summed E-state index contributed by atoms with van der Waals surface area (Å²) in [5.74, 6) is -3.76. The molecule has 226 valence electrons. The SMILES string of the molecule is O=C(O)c1ccc(N=Nc2ccc(-c3ccc(N=Nc4ccc(C(=O)O)c(O)c4)cc3S(=O)(=O)O)c(SOOO)c2)cc1O. The van der Waals surface area contributed by atoms with Crippen molar-refractivity contribution in [3.05, 3.63) is 83.9 Å². The molecule has 18 heteroatoms. The topological polar surface area (TPSA) is 258 Å². The van der Waals surface area contributed by atoms with Crippen LogP contribution in [0.1, 0.15) is 20.7 Å². The third-order valence-electron chi connectivity index (χ3n) is 5.64. The van der Waals surface area contributed by atoms with Crippen LogP contribution in [-0.2, 0) is 19.5 Å². The van der Waals surface area contributed by atoms with E-state index in [4.69, 9.17) is 15.5 Å². The first-order chi connectivity index (χ1) is 20.9. The molecule has 0 bridgehead atoms. The molecule has 0 unspecified atom stereocenters. The summed E-state index contributed by atoms with van der Waals surface area (Å²) in [7, 11) is -4.86. The van der Waals surface area contributed by atoms with E-state index in [1.807, 2.05) is 0 Å². The molecular formula is C26H18N4O12S2. The van der Waals surface area contributed by atoms with Crippen LogP contribution in [0.15, 0.2) is 103 Å². The van der Waals surface area contributed by atoms with Crippen LogP contribution in [0.4, 0.5) is 22.7 Å². The van der Waals surface area contributed by atoms with E-state index in [0.717, 1.165) is 30.3 Å². The van der Waals surface area contributed by atoms with Crippen LogP contribution < -0.4 is 0 Å². The first-order valence-corrected chi connectivity index (χ1v) is 13.9. The van der Waals surface area contributed by atoms with E-state index < -0.39 is 38.5 Å². The Kier molecular flexibility index (Phi) is 9.63. The standard InChI is InChI=1S/C26H18N4O12S2/c31-21-9-13(3-7-19(21)25(33)34)27-29-15-1-5-17(23(11-15)43-42-41-37)18-6-2-16(12-24(18)44(38,39)40)30-28-14-4-8-20(26(35)36)22(32)10-14/h1-12,31-32,37H,(H,33,34)(H,35,36)(H,38,39,40). The van der Waals surface area contributed by atoms with Crippen molar-refractivity contribution in [2.75, 3.05) is 0 Å². The van der Waals surface area contributed by atoms with Crippen molar-refractivity contribution in [3.63, 3.8) is 0 Å². The van der Waals surface area contributed by atoms with Gasteiger partial charge < -0.3 is 20.4 Å². The van der Waals surface area contributed by atoms with Crippen LogP contribution in [-0.4, -0.2) is 50.6 Å². The van der Waals surface area contributed by atoms with Gasteiger partial charge in [0, 0.05) is 22.6 Å². The highest BCUT2D eigenvalue weighted by Gasteiger charge is 2.21. The molecule has 16 nitrogen and oxygen atoms in total. The number of azo groups is 2. The van der Waals surface area contributed by atoms with Gasteiger partial charge >= 0.3 is 11.9 Å². The van der Waals surface area contributed by atoms with Crippen molar-refractivity contribution < 1.29 is 57.6 Å². The molecule has 6 N–H and O–H groups in total. The predicted octanol–water partition coefficient (Wildman–Crippen LogP) is 6.67. The van der Waals surface area contributed by atoms with E-state index in [1.165, 1.54) is 42.5 Å². The molecule has 0 fully saturated rings. The minimum atomic E-state index is -4.86. The molecule has 0 amide bonds. The van der Waals surface area contributed by atoms with Gasteiger partial charge in [0.25, 0.3) is 10.1 Å². The quantitative estimate of drug-likeness (QED) is 0.0329. The molecule has 44 heavy (non-hydrogen) atoms. The fraction of sp³-hybridized carbons (Fsp3) is 0. The molecular weight excluding hydrogens is 624 g/mol. The molecule has 4 aromatic rings. The van der Waals surface area contributed by atoms with Crippen molar-refractivity contribution in [3.8, 4) is 22.6 Å². The highest BCUT2D eigenvalue weighted by molar-refractivity contribution is 7.94. The lowest BCUT2D eigenvalue weighted by atomic mass is 10.0. The van der Waals surface area contributed by atoms with Crippen molar-refractivity contribution in [2.45, 2.75) is 9.79 Å². The summed E-state index contributed by atoms with van der Waals surface area (Å²) in [4.78, 5) is 21.7. The number of hydrogen-bond donors (Lipinski definition) is 6. The smallest absolute Gasteiger partial charge is 0.339 e. The Labute approximate surface area is 251 Å². The number of hydrogen-bond acceptors (Lipinski definition) is 14. The van der Waals surface area contributed by atoms with Gasteiger partial charge in [-0.15, -0.1) is 4.33 Å². The molecule has 0 radical (unpaired) electrons. The van der Waals surface area contributed by atoms with Gasteiger partial charge in [0.15, 0.2) is 0 Å². The van der Waals surface area contributed by atoms with Crippen molar-refractivity contribution in [1.29, 1.82) is 0 Å². The van der Waals surface area contributed by atoms with Crippen LogP contribution in [0.5, 0.6) is 11.5 Å². The molecule has 0 aromatic heterocycles. The average molecular weight is 643 g/mol. The number of carbonyl (C=O) groups is 2. The number of phenols is 2. The van der Waals surface area contributed by atoms with E-state index in [1.54, 1.807) is 0 Å². The van der Waals surface area contributed by atoms with Gasteiger partial charge in [-0.3, -0.25) is 4.55 Å². The second kappa shape index (κ2) is 13.4. The third kappa shape index (κ3) is 7.58. The molecule has 0 saturated heterocycles. The summed E-state index contributed by atoms with van der Waals surface area (Å²) in [5.41, 5.74) is -0.229. The Morgan fingerprint density at radius 2 is 1.09 bits per heavy atom. The summed E-state index contributed by atoms with van der Waals surface area (Å²) in [6.45, 7) is 0. The molecule has 0 heterocycles. The molecule has 0 saturated carbocycles. The van der Waals surface area contributed by atoms with Gasteiger partial charge in [-0.25, -0.2) is 14.8 Å². The lowest BCUT2D eigenvalue weighted by Gasteiger charge is -2.12. The fourth-order valence-corrected chi connectivity index (χ4v) is 4.95. The Balaban J connectivity index is 1.70. The molecule has 0 spiro atoms. The summed E-state index contributed by atoms with van der Waals surface area (Å²) < 4.78 is 39.2. The molecule has 0 atom stereocenters. The summed E-state index contributed by atoms with van der Waals surface area (Å²) in [5, 5.41) is 65.8. The van der Waals surface area contributed by atoms with Crippen LogP contribution in [0.3, 0.4) is 0 Å². The van der Waals surface area contributed by atoms with Gasteiger partial charge in [0.2, 0.25) is 0 Å². The van der Waals surface area contributed by atoms with E-state index in [9.17, 15) is 32.8 Å². The van der Waals surface area contributed by atoms with Gasteiger partial charge in [-0.1, -0.05) is 17.2 Å². The Morgan fingerprint density at radius 1 is 0.659 bits per heavy atom. The van der Waals surface area contributed by atoms with Crippen LogP contribution in [0.25, 0.3) is 11.1 Å². The molecule has 0 aliphatic heterocycles. The Hall–Kier alpha value is -5.24. The normalized spacial score (nSPS) is 11.8. The first-order valence-electron chi connectivity index (χ1n) is 11.7. The molecule has 0 aliphatic carbocycles. The molecule has 4 aromatic carbocycles. The number of aromatic carboxylic acids is 2. The fourth-order valence-electron chi connectivity index (χ4n) is 3.68. The van der Waals surface area contributed by atoms with Gasteiger partial charge in [-0.05, 0) is 54.1 Å². The van der Waals surface area contributed by atoms with Crippen molar-refractivity contribution in [1.82, 2.24) is 0 Å². The van der Waals surface area contributed by atoms with Gasteiger partial charge in [0.05, 0.1) is 34.8 Å². The van der Waals surface area contributed by atoms with Gasteiger partial charge in [0.1, 0.15) is 27.5 Å². The largest absolute Gasteiger partial charge is 0.507 e. The number of carboxylic acid groups (broad SMARTS) is 2. The number of rotatable bonds is 11. The van der Waals surface area contributed by atoms with Crippen LogP contribution in [0, 0.1) is 0 Å². The molecule has 0 aliphatic rings. The maximum atomic E-state index is 12.3. The minimum Gasteiger partial charge on any atom is -0.507 e. The highest BCUT2D eigenvalue weighted by Crippen LogP contribution is 2.40. The zero-order chi connectivity index (χ0) is 32.0. The number of nitrogens with zero attached hydrogens (tertiary/aromatic N) is 4. The summed E-state index contributed by atoms with van der Waals surface area (Å²) >= 11 is 0.458. The second-order valence-corrected chi connectivity index (χ2v) is 10.6. The van der Waals surface area contributed by atoms with Crippen molar-refractivity contribution >= 4 is 56.8 Å². The maximum absolute atomic E-state index is 12.3. The van der Waals surface area contributed by atoms with Crippen molar-refractivity contribution in [2.24, 2.45) is 20.5 Å².